The number of carbonyl (C=O) groups excluding carboxylic acids is 2. The first-order chi connectivity index (χ1) is 11.6. The summed E-state index contributed by atoms with van der Waals surface area (Å²) < 4.78 is 20.5. The summed E-state index contributed by atoms with van der Waals surface area (Å²) in [5, 5.41) is 2.76. The number of hydrogen-bond acceptors (Lipinski definition) is 6. The molecule has 1 saturated heterocycles. The van der Waals surface area contributed by atoms with Crippen molar-refractivity contribution in [1.29, 1.82) is 0 Å². The van der Waals surface area contributed by atoms with Gasteiger partial charge in [0.15, 0.2) is 17.8 Å². The van der Waals surface area contributed by atoms with E-state index in [0.717, 1.165) is 0 Å². The molecule has 8 nitrogen and oxygen atoms in total. The SMILES string of the molecule is COC(CNC(=O)C1CN(C(=O)c2ccc3c(c2)OCO3)C1)OC. The topological polar surface area (TPSA) is 86.3 Å². The first-order valence-electron chi connectivity index (χ1n) is 7.64. The lowest BCUT2D eigenvalue weighted by Gasteiger charge is -2.38. The minimum atomic E-state index is -0.472. The van der Waals surface area contributed by atoms with Gasteiger partial charge in [-0.3, -0.25) is 9.59 Å². The van der Waals surface area contributed by atoms with Crippen LogP contribution in [0.3, 0.4) is 0 Å². The highest BCUT2D eigenvalue weighted by atomic mass is 16.7. The summed E-state index contributed by atoms with van der Waals surface area (Å²) in [5.41, 5.74) is 0.525. The molecule has 8 heteroatoms. The minimum Gasteiger partial charge on any atom is -0.454 e. The van der Waals surface area contributed by atoms with Crippen LogP contribution in [0.4, 0.5) is 0 Å². The molecular formula is C16H20N2O6. The fraction of sp³-hybridized carbons (Fsp3) is 0.500. The number of ether oxygens (including phenoxy) is 4. The molecule has 1 aromatic rings. The predicted octanol–water partition coefficient (Wildman–Crippen LogP) is 0.222. The zero-order valence-electron chi connectivity index (χ0n) is 13.6. The molecule has 3 rings (SSSR count). The number of methoxy groups -OCH3 is 2. The Balaban J connectivity index is 1.49. The Labute approximate surface area is 139 Å². The lowest BCUT2D eigenvalue weighted by molar-refractivity contribution is -0.134. The summed E-state index contributed by atoms with van der Waals surface area (Å²) in [7, 11) is 3.02. The van der Waals surface area contributed by atoms with Crippen LogP contribution in [0.2, 0.25) is 0 Å². The van der Waals surface area contributed by atoms with Crippen molar-refractivity contribution in [3.05, 3.63) is 23.8 Å². The van der Waals surface area contributed by atoms with Crippen LogP contribution in [-0.4, -0.2) is 63.7 Å². The van der Waals surface area contributed by atoms with Crippen molar-refractivity contribution in [2.45, 2.75) is 6.29 Å². The molecule has 1 N–H and O–H groups in total. The highest BCUT2D eigenvalue weighted by molar-refractivity contribution is 5.96. The van der Waals surface area contributed by atoms with E-state index in [0.29, 0.717) is 30.2 Å². The Bertz CT molecular complexity index is 625. The molecule has 0 spiro atoms. The fourth-order valence-electron chi connectivity index (χ4n) is 2.61. The fourth-order valence-corrected chi connectivity index (χ4v) is 2.61. The van der Waals surface area contributed by atoms with E-state index < -0.39 is 6.29 Å². The maximum atomic E-state index is 12.4. The number of nitrogens with one attached hydrogen (secondary N) is 1. The molecule has 0 aromatic heterocycles. The van der Waals surface area contributed by atoms with E-state index in [1.54, 1.807) is 23.1 Å². The average Bonchev–Trinajstić information content (AvgIpc) is 3.01. The predicted molar refractivity (Wildman–Crippen MR) is 82.8 cm³/mol. The number of carbonyl (C=O) groups is 2. The van der Waals surface area contributed by atoms with Crippen molar-refractivity contribution in [2.24, 2.45) is 5.92 Å². The number of amides is 2. The average molecular weight is 336 g/mol. The Morgan fingerprint density at radius 3 is 2.67 bits per heavy atom. The smallest absolute Gasteiger partial charge is 0.254 e. The molecule has 2 amide bonds. The van der Waals surface area contributed by atoms with Crippen molar-refractivity contribution in [3.8, 4) is 11.5 Å². The summed E-state index contributed by atoms with van der Waals surface area (Å²) in [4.78, 5) is 26.1. The molecule has 0 radical (unpaired) electrons. The number of benzene rings is 1. The largest absolute Gasteiger partial charge is 0.454 e. The van der Waals surface area contributed by atoms with Crippen molar-refractivity contribution in [2.75, 3.05) is 40.6 Å². The molecule has 0 atom stereocenters. The molecule has 2 aliphatic rings. The monoisotopic (exact) mass is 336 g/mol. The van der Waals surface area contributed by atoms with Gasteiger partial charge >= 0.3 is 0 Å². The molecule has 0 aliphatic carbocycles. The van der Waals surface area contributed by atoms with Crippen LogP contribution in [0, 0.1) is 5.92 Å². The van der Waals surface area contributed by atoms with Gasteiger partial charge in [0.25, 0.3) is 5.91 Å². The van der Waals surface area contributed by atoms with Crippen molar-refractivity contribution >= 4 is 11.8 Å². The quantitative estimate of drug-likeness (QED) is 0.748. The molecule has 130 valence electrons. The highest BCUT2D eigenvalue weighted by Crippen LogP contribution is 2.33. The highest BCUT2D eigenvalue weighted by Gasteiger charge is 2.36. The molecule has 2 heterocycles. The second-order valence-corrected chi connectivity index (χ2v) is 5.62. The maximum Gasteiger partial charge on any atom is 0.254 e. The molecule has 0 bridgehead atoms. The van der Waals surface area contributed by atoms with Gasteiger partial charge in [-0.1, -0.05) is 0 Å². The summed E-state index contributed by atoms with van der Waals surface area (Å²) in [5.74, 6) is 0.768. The summed E-state index contributed by atoms with van der Waals surface area (Å²) >= 11 is 0. The van der Waals surface area contributed by atoms with Crippen LogP contribution < -0.4 is 14.8 Å². The number of fused-ring (bicyclic) bond motifs is 1. The van der Waals surface area contributed by atoms with E-state index in [1.807, 2.05) is 0 Å². The van der Waals surface area contributed by atoms with Crippen LogP contribution in [0.25, 0.3) is 0 Å². The van der Waals surface area contributed by atoms with E-state index in [-0.39, 0.29) is 31.1 Å². The summed E-state index contributed by atoms with van der Waals surface area (Å²) in [6, 6.07) is 5.08. The Morgan fingerprint density at radius 2 is 1.96 bits per heavy atom. The van der Waals surface area contributed by atoms with Gasteiger partial charge in [-0.05, 0) is 18.2 Å². The second-order valence-electron chi connectivity index (χ2n) is 5.62. The van der Waals surface area contributed by atoms with Crippen LogP contribution in [0.5, 0.6) is 11.5 Å². The molecular weight excluding hydrogens is 316 g/mol. The van der Waals surface area contributed by atoms with E-state index in [2.05, 4.69) is 5.32 Å². The van der Waals surface area contributed by atoms with E-state index in [4.69, 9.17) is 18.9 Å². The lowest BCUT2D eigenvalue weighted by atomic mass is 9.97. The first kappa shape index (κ1) is 16.5. The van der Waals surface area contributed by atoms with Crippen molar-refractivity contribution < 1.29 is 28.5 Å². The third-order valence-corrected chi connectivity index (χ3v) is 4.13. The van der Waals surface area contributed by atoms with Gasteiger partial charge < -0.3 is 29.2 Å². The molecule has 0 unspecified atom stereocenters. The molecule has 1 aromatic carbocycles. The third-order valence-electron chi connectivity index (χ3n) is 4.13. The van der Waals surface area contributed by atoms with E-state index in [9.17, 15) is 9.59 Å². The first-order valence-corrected chi connectivity index (χ1v) is 7.64. The molecule has 1 fully saturated rings. The molecule has 0 saturated carbocycles. The van der Waals surface area contributed by atoms with E-state index >= 15 is 0 Å². The van der Waals surface area contributed by atoms with Crippen LogP contribution in [0.15, 0.2) is 18.2 Å². The number of rotatable bonds is 6. The third kappa shape index (κ3) is 3.29. The zero-order chi connectivity index (χ0) is 17.1. The van der Waals surface area contributed by atoms with Gasteiger partial charge in [0.1, 0.15) is 0 Å². The Kier molecular flexibility index (Phi) is 4.86. The zero-order valence-corrected chi connectivity index (χ0v) is 13.6. The number of hydrogen-bond donors (Lipinski definition) is 1. The standard InChI is InChI=1S/C16H20N2O6/c1-21-14(22-2)6-17-15(19)11-7-18(8-11)16(20)10-3-4-12-13(5-10)24-9-23-12/h3-5,11,14H,6-9H2,1-2H3,(H,17,19). The van der Waals surface area contributed by atoms with E-state index in [1.165, 1.54) is 14.2 Å². The van der Waals surface area contributed by atoms with Gasteiger partial charge in [0, 0.05) is 32.9 Å². The summed E-state index contributed by atoms with van der Waals surface area (Å²) in [6.45, 7) is 1.23. The Hall–Kier alpha value is -2.32. The van der Waals surface area contributed by atoms with Gasteiger partial charge in [-0.25, -0.2) is 0 Å². The van der Waals surface area contributed by atoms with Crippen LogP contribution >= 0.6 is 0 Å². The molecule has 2 aliphatic heterocycles. The Morgan fingerprint density at radius 1 is 1.25 bits per heavy atom. The normalized spacial score (nSPS) is 16.2. The second kappa shape index (κ2) is 7.06. The van der Waals surface area contributed by atoms with Crippen LogP contribution in [-0.2, 0) is 14.3 Å². The minimum absolute atomic E-state index is 0.108. The summed E-state index contributed by atoms with van der Waals surface area (Å²) in [6.07, 6.45) is -0.472. The van der Waals surface area contributed by atoms with Crippen LogP contribution in [0.1, 0.15) is 10.4 Å². The number of likely N-dealkylation sites (tertiary alicyclic amines) is 1. The van der Waals surface area contributed by atoms with Crippen molar-refractivity contribution in [3.63, 3.8) is 0 Å². The van der Waals surface area contributed by atoms with Gasteiger partial charge in [0.05, 0.1) is 12.5 Å². The molecule has 24 heavy (non-hydrogen) atoms. The number of nitrogens with zero attached hydrogens (tertiary/aromatic N) is 1. The van der Waals surface area contributed by atoms with Gasteiger partial charge in [-0.2, -0.15) is 0 Å². The maximum absolute atomic E-state index is 12.4. The van der Waals surface area contributed by atoms with Gasteiger partial charge in [-0.15, -0.1) is 0 Å². The van der Waals surface area contributed by atoms with Crippen molar-refractivity contribution in [1.82, 2.24) is 10.2 Å². The van der Waals surface area contributed by atoms with Gasteiger partial charge in [0.2, 0.25) is 12.7 Å². The lowest BCUT2D eigenvalue weighted by Crippen LogP contribution is -2.56.